The summed E-state index contributed by atoms with van der Waals surface area (Å²) in [6, 6.07) is 5.24. The second kappa shape index (κ2) is 5.16. The van der Waals surface area contributed by atoms with Gasteiger partial charge in [0.1, 0.15) is 11.5 Å². The lowest BCUT2D eigenvalue weighted by atomic mass is 10.2. The minimum absolute atomic E-state index is 0.386. The second-order valence-corrected chi connectivity index (χ2v) is 3.40. The number of aldehydes is 1. The summed E-state index contributed by atoms with van der Waals surface area (Å²) in [5, 5.41) is 0. The van der Waals surface area contributed by atoms with Gasteiger partial charge in [-0.1, -0.05) is 6.07 Å². The zero-order valence-electron chi connectivity index (χ0n) is 9.33. The maximum Gasteiger partial charge on any atom is 0.212 e. The fourth-order valence-electron chi connectivity index (χ4n) is 1.38. The molecule has 0 amide bonds. The highest BCUT2D eigenvalue weighted by molar-refractivity contribution is 5.71. The molecule has 0 aromatic carbocycles. The molecule has 0 spiro atoms. The van der Waals surface area contributed by atoms with E-state index in [0.717, 1.165) is 5.56 Å². The number of hydrogen-bond donors (Lipinski definition) is 0. The van der Waals surface area contributed by atoms with Gasteiger partial charge in [0, 0.05) is 24.9 Å². The van der Waals surface area contributed by atoms with Crippen LogP contribution < -0.4 is 4.74 Å². The molecular formula is C12H11N3O2. The van der Waals surface area contributed by atoms with Crippen LogP contribution in [0.25, 0.3) is 0 Å². The van der Waals surface area contributed by atoms with Gasteiger partial charge in [-0.2, -0.15) is 0 Å². The van der Waals surface area contributed by atoms with E-state index in [1.165, 1.54) is 0 Å². The van der Waals surface area contributed by atoms with Crippen molar-refractivity contribution in [1.82, 2.24) is 15.0 Å². The summed E-state index contributed by atoms with van der Waals surface area (Å²) in [5.74, 6) is 1.16. The van der Waals surface area contributed by atoms with Crippen molar-refractivity contribution in [2.45, 2.75) is 6.42 Å². The van der Waals surface area contributed by atoms with Gasteiger partial charge in [0.25, 0.3) is 0 Å². The van der Waals surface area contributed by atoms with Crippen molar-refractivity contribution < 1.29 is 9.53 Å². The first kappa shape index (κ1) is 11.2. The first-order valence-corrected chi connectivity index (χ1v) is 5.08. The molecule has 2 rings (SSSR count). The lowest BCUT2D eigenvalue weighted by molar-refractivity contribution is 0.111. The number of nitrogens with zero attached hydrogens (tertiary/aromatic N) is 3. The van der Waals surface area contributed by atoms with Crippen molar-refractivity contribution in [3.63, 3.8) is 0 Å². The highest BCUT2D eigenvalue weighted by Gasteiger charge is 2.01. The van der Waals surface area contributed by atoms with E-state index in [-0.39, 0.29) is 0 Å². The van der Waals surface area contributed by atoms with E-state index < -0.39 is 0 Å². The Labute approximate surface area is 98.5 Å². The van der Waals surface area contributed by atoms with Crippen LogP contribution in [-0.2, 0) is 6.42 Å². The zero-order valence-corrected chi connectivity index (χ0v) is 9.33. The van der Waals surface area contributed by atoms with E-state index >= 15 is 0 Å². The third-order valence-electron chi connectivity index (χ3n) is 2.22. The molecule has 2 heterocycles. The number of pyridine rings is 1. The molecule has 0 fully saturated rings. The third-order valence-corrected chi connectivity index (χ3v) is 2.22. The minimum atomic E-state index is 0.386. The monoisotopic (exact) mass is 229 g/mol. The average molecular weight is 229 g/mol. The number of ether oxygens (including phenoxy) is 1. The molecule has 5 nitrogen and oxygen atoms in total. The van der Waals surface area contributed by atoms with E-state index in [2.05, 4.69) is 15.0 Å². The van der Waals surface area contributed by atoms with Gasteiger partial charge in [-0.3, -0.25) is 4.79 Å². The summed E-state index contributed by atoms with van der Waals surface area (Å²) in [4.78, 5) is 22.9. The van der Waals surface area contributed by atoms with Crippen molar-refractivity contribution in [2.24, 2.45) is 0 Å². The van der Waals surface area contributed by atoms with Gasteiger partial charge in [0.05, 0.1) is 7.11 Å². The molecule has 17 heavy (non-hydrogen) atoms. The fraction of sp³-hybridized carbons (Fsp3) is 0.167. The van der Waals surface area contributed by atoms with Gasteiger partial charge in [0.15, 0.2) is 6.29 Å². The fourth-order valence-corrected chi connectivity index (χ4v) is 1.38. The second-order valence-electron chi connectivity index (χ2n) is 3.40. The van der Waals surface area contributed by atoms with Crippen LogP contribution in [0.1, 0.15) is 21.9 Å². The van der Waals surface area contributed by atoms with Crippen molar-refractivity contribution >= 4 is 6.29 Å². The molecule has 0 aliphatic carbocycles. The standard InChI is InChI=1S/C12H11N3O2/c1-17-12-3-2-9(7-14-12)6-11-13-5-4-10(8-16)15-11/h2-5,7-8H,6H2,1H3. The Balaban J connectivity index is 2.16. The Bertz CT molecular complexity index is 511. The zero-order chi connectivity index (χ0) is 12.1. The quantitative estimate of drug-likeness (QED) is 0.739. The predicted molar refractivity (Wildman–Crippen MR) is 61.0 cm³/mol. The first-order valence-electron chi connectivity index (χ1n) is 5.08. The molecule has 0 saturated carbocycles. The van der Waals surface area contributed by atoms with E-state index in [1.807, 2.05) is 6.07 Å². The number of carbonyl (C=O) groups is 1. The number of rotatable bonds is 4. The van der Waals surface area contributed by atoms with Crippen LogP contribution in [0.3, 0.4) is 0 Å². The van der Waals surface area contributed by atoms with Gasteiger partial charge in [-0.05, 0) is 11.6 Å². The van der Waals surface area contributed by atoms with Crippen molar-refractivity contribution in [3.8, 4) is 5.88 Å². The molecule has 0 bridgehead atoms. The molecule has 0 N–H and O–H groups in total. The molecule has 0 unspecified atom stereocenters. The Morgan fingerprint density at radius 2 is 2.18 bits per heavy atom. The van der Waals surface area contributed by atoms with Crippen molar-refractivity contribution in [1.29, 1.82) is 0 Å². The lowest BCUT2D eigenvalue weighted by Crippen LogP contribution is -1.99. The third kappa shape index (κ3) is 2.84. The van der Waals surface area contributed by atoms with Crippen LogP contribution in [0, 0.1) is 0 Å². The summed E-state index contributed by atoms with van der Waals surface area (Å²) in [6.45, 7) is 0. The smallest absolute Gasteiger partial charge is 0.212 e. The molecule has 86 valence electrons. The van der Waals surface area contributed by atoms with E-state index in [1.54, 1.807) is 31.6 Å². The Morgan fingerprint density at radius 3 is 2.82 bits per heavy atom. The number of methoxy groups -OCH3 is 1. The van der Waals surface area contributed by atoms with Gasteiger partial charge >= 0.3 is 0 Å². The average Bonchev–Trinajstić information content (AvgIpc) is 2.40. The van der Waals surface area contributed by atoms with Gasteiger partial charge in [0.2, 0.25) is 5.88 Å². The van der Waals surface area contributed by atoms with Gasteiger partial charge in [-0.25, -0.2) is 15.0 Å². The summed E-state index contributed by atoms with van der Waals surface area (Å²) in [5.41, 5.74) is 1.35. The molecule has 0 radical (unpaired) electrons. The SMILES string of the molecule is COc1ccc(Cc2nccc(C=O)n2)cn1. The minimum Gasteiger partial charge on any atom is -0.481 e. The molecular weight excluding hydrogens is 218 g/mol. The summed E-state index contributed by atoms with van der Waals surface area (Å²) in [6.07, 6.45) is 4.52. The molecule has 2 aromatic heterocycles. The largest absolute Gasteiger partial charge is 0.481 e. The molecule has 0 aliphatic rings. The van der Waals surface area contributed by atoms with Crippen LogP contribution in [-0.4, -0.2) is 28.3 Å². The Kier molecular flexibility index (Phi) is 3.40. The van der Waals surface area contributed by atoms with Crippen LogP contribution >= 0.6 is 0 Å². The molecule has 0 aliphatic heterocycles. The van der Waals surface area contributed by atoms with E-state index in [9.17, 15) is 4.79 Å². The summed E-state index contributed by atoms with van der Waals surface area (Å²) in [7, 11) is 1.57. The van der Waals surface area contributed by atoms with E-state index in [0.29, 0.717) is 30.1 Å². The maximum atomic E-state index is 10.6. The lowest BCUT2D eigenvalue weighted by Gasteiger charge is -2.02. The number of carbonyl (C=O) groups excluding carboxylic acids is 1. The van der Waals surface area contributed by atoms with Crippen molar-refractivity contribution in [3.05, 3.63) is 47.7 Å². The Hall–Kier alpha value is -2.30. The van der Waals surface area contributed by atoms with Crippen LogP contribution in [0.15, 0.2) is 30.6 Å². The molecule has 0 saturated heterocycles. The summed E-state index contributed by atoms with van der Waals surface area (Å²) >= 11 is 0. The highest BCUT2D eigenvalue weighted by Crippen LogP contribution is 2.09. The summed E-state index contributed by atoms with van der Waals surface area (Å²) < 4.78 is 4.97. The van der Waals surface area contributed by atoms with Crippen LogP contribution in [0.4, 0.5) is 0 Å². The molecule has 2 aromatic rings. The molecule has 5 heteroatoms. The number of hydrogen-bond acceptors (Lipinski definition) is 5. The number of aromatic nitrogens is 3. The van der Waals surface area contributed by atoms with E-state index in [4.69, 9.17) is 4.74 Å². The topological polar surface area (TPSA) is 65.0 Å². The predicted octanol–water partition coefficient (Wildman–Crippen LogP) is 1.28. The van der Waals surface area contributed by atoms with Crippen LogP contribution in [0.5, 0.6) is 5.88 Å². The van der Waals surface area contributed by atoms with Gasteiger partial charge in [-0.15, -0.1) is 0 Å². The van der Waals surface area contributed by atoms with Crippen LogP contribution in [0.2, 0.25) is 0 Å². The molecule has 0 atom stereocenters. The first-order chi connectivity index (χ1) is 8.31. The van der Waals surface area contributed by atoms with Gasteiger partial charge < -0.3 is 4.74 Å². The normalized spacial score (nSPS) is 9.94. The Morgan fingerprint density at radius 1 is 1.29 bits per heavy atom. The maximum absolute atomic E-state index is 10.6. The van der Waals surface area contributed by atoms with Crippen molar-refractivity contribution in [2.75, 3.05) is 7.11 Å². The highest BCUT2D eigenvalue weighted by atomic mass is 16.5.